The van der Waals surface area contributed by atoms with Crippen LogP contribution in [0.25, 0.3) is 16.8 Å². The number of benzene rings is 2. The smallest absolute Gasteiger partial charge is 0.338 e. The Kier molecular flexibility index (Phi) is 4.90. The molecule has 2 aromatic carbocycles. The minimum absolute atomic E-state index is 0.00227. The van der Waals surface area contributed by atoms with Gasteiger partial charge in [-0.15, -0.1) is 0 Å². The highest BCUT2D eigenvalue weighted by atomic mass is 16.5. The van der Waals surface area contributed by atoms with Crippen molar-refractivity contribution in [2.75, 3.05) is 5.73 Å². The number of pyridine rings is 1. The molecule has 0 saturated carbocycles. The van der Waals surface area contributed by atoms with Crippen LogP contribution < -0.4 is 16.6 Å². The summed E-state index contributed by atoms with van der Waals surface area (Å²) in [6.07, 6.45) is -0.195. The number of nitrogens with zero attached hydrogens (tertiary/aromatic N) is 1. The quantitative estimate of drug-likeness (QED) is 0.497. The average Bonchev–Trinajstić information content (AvgIpc) is 3.01. The zero-order valence-electron chi connectivity index (χ0n) is 16.8. The number of hydrogen-bond acceptors (Lipinski definition) is 6. The molecule has 3 aromatic rings. The van der Waals surface area contributed by atoms with Crippen LogP contribution >= 0.6 is 0 Å². The molecule has 1 aliphatic rings. The lowest BCUT2D eigenvalue weighted by molar-refractivity contribution is 0.0377. The maximum Gasteiger partial charge on any atom is 0.338 e. The maximum atomic E-state index is 12.5. The molecule has 0 unspecified atom stereocenters. The summed E-state index contributed by atoms with van der Waals surface area (Å²) >= 11 is 0. The molecular formula is C23H19N3O5. The van der Waals surface area contributed by atoms with Gasteiger partial charge >= 0.3 is 5.97 Å². The molecule has 0 atom stereocenters. The molecule has 156 valence electrons. The Morgan fingerprint density at radius 3 is 2.10 bits per heavy atom. The third-order valence-corrected chi connectivity index (χ3v) is 4.88. The molecule has 31 heavy (non-hydrogen) atoms. The molecule has 0 saturated heterocycles. The lowest BCUT2D eigenvalue weighted by atomic mass is 10.0. The normalized spacial score (nSPS) is 12.6. The molecule has 1 aliphatic heterocycles. The van der Waals surface area contributed by atoms with Gasteiger partial charge in [-0.1, -0.05) is 24.3 Å². The fourth-order valence-electron chi connectivity index (χ4n) is 3.43. The number of imide groups is 1. The number of amides is 2. The Morgan fingerprint density at radius 2 is 1.52 bits per heavy atom. The first-order valence-electron chi connectivity index (χ1n) is 9.59. The maximum absolute atomic E-state index is 12.5. The fraction of sp³-hybridized carbons (Fsp3) is 0.130. The Hall–Kier alpha value is -4.20. The molecule has 2 heterocycles. The van der Waals surface area contributed by atoms with Gasteiger partial charge in [-0.3, -0.25) is 24.3 Å². The number of nitrogens with two attached hydrogens (primary N) is 1. The number of fused-ring (bicyclic) bond motifs is 1. The Labute approximate surface area is 177 Å². The first-order valence-corrected chi connectivity index (χ1v) is 9.59. The monoisotopic (exact) mass is 417 g/mol. The summed E-state index contributed by atoms with van der Waals surface area (Å²) in [6.45, 7) is 3.58. The lowest BCUT2D eigenvalue weighted by Crippen LogP contribution is -2.24. The Morgan fingerprint density at radius 1 is 0.935 bits per heavy atom. The second-order valence-corrected chi connectivity index (χ2v) is 7.35. The molecule has 8 nitrogen and oxygen atoms in total. The number of esters is 1. The van der Waals surface area contributed by atoms with Crippen molar-refractivity contribution in [2.24, 2.45) is 0 Å². The van der Waals surface area contributed by atoms with E-state index < -0.39 is 17.4 Å². The number of hydrogen-bond donors (Lipinski definition) is 2. The number of aromatic nitrogens is 1. The van der Waals surface area contributed by atoms with Crippen LogP contribution in [0.2, 0.25) is 0 Å². The number of nitrogens with one attached hydrogen (secondary N) is 1. The van der Waals surface area contributed by atoms with Crippen LogP contribution in [0, 0.1) is 0 Å². The summed E-state index contributed by atoms with van der Waals surface area (Å²) in [5.74, 6) is -1.73. The molecule has 1 aromatic heterocycles. The van der Waals surface area contributed by atoms with Crippen molar-refractivity contribution >= 4 is 23.6 Å². The van der Waals surface area contributed by atoms with Crippen LogP contribution in [0.4, 0.5) is 5.82 Å². The number of ether oxygens (including phenoxy) is 1. The van der Waals surface area contributed by atoms with Crippen LogP contribution in [0.3, 0.4) is 0 Å². The zero-order chi connectivity index (χ0) is 22.3. The van der Waals surface area contributed by atoms with Crippen LogP contribution in [0.15, 0.2) is 59.4 Å². The highest BCUT2D eigenvalue weighted by molar-refractivity contribution is 6.23. The van der Waals surface area contributed by atoms with Crippen molar-refractivity contribution in [2.45, 2.75) is 20.0 Å². The van der Waals surface area contributed by atoms with E-state index >= 15 is 0 Å². The molecule has 2 amide bonds. The van der Waals surface area contributed by atoms with Gasteiger partial charge < -0.3 is 10.5 Å². The Balaban J connectivity index is 1.65. The minimum Gasteiger partial charge on any atom is -0.459 e. The SMILES string of the molecule is CC(C)OC(=O)c1ccc(-c2ccc(-n3c(N)c4c(cc3=O)C(=O)NC4=O)cc2)cc1. The van der Waals surface area contributed by atoms with Gasteiger partial charge in [-0.05, 0) is 49.2 Å². The molecular weight excluding hydrogens is 398 g/mol. The second kappa shape index (κ2) is 7.56. The molecule has 0 aliphatic carbocycles. The fourth-order valence-corrected chi connectivity index (χ4v) is 3.43. The Bertz CT molecular complexity index is 1270. The van der Waals surface area contributed by atoms with E-state index in [4.69, 9.17) is 10.5 Å². The van der Waals surface area contributed by atoms with Gasteiger partial charge in [0.05, 0.1) is 28.5 Å². The van der Waals surface area contributed by atoms with Crippen molar-refractivity contribution in [3.05, 3.63) is 81.6 Å². The third-order valence-electron chi connectivity index (χ3n) is 4.88. The van der Waals surface area contributed by atoms with E-state index in [0.29, 0.717) is 11.3 Å². The molecule has 0 bridgehead atoms. The average molecular weight is 417 g/mol. The van der Waals surface area contributed by atoms with E-state index in [1.165, 1.54) is 4.57 Å². The van der Waals surface area contributed by atoms with Crippen molar-refractivity contribution in [1.82, 2.24) is 9.88 Å². The van der Waals surface area contributed by atoms with Gasteiger partial charge in [-0.2, -0.15) is 0 Å². The van der Waals surface area contributed by atoms with Crippen LogP contribution in [0.1, 0.15) is 44.9 Å². The van der Waals surface area contributed by atoms with E-state index in [1.807, 2.05) is 0 Å². The van der Waals surface area contributed by atoms with Crippen molar-refractivity contribution in [1.29, 1.82) is 0 Å². The van der Waals surface area contributed by atoms with Crippen LogP contribution in [0.5, 0.6) is 0 Å². The topological polar surface area (TPSA) is 120 Å². The highest BCUT2D eigenvalue weighted by Crippen LogP contribution is 2.25. The number of nitrogen functional groups attached to an aromatic ring is 1. The van der Waals surface area contributed by atoms with Gasteiger partial charge in [0.1, 0.15) is 5.82 Å². The van der Waals surface area contributed by atoms with Crippen molar-refractivity contribution < 1.29 is 19.1 Å². The van der Waals surface area contributed by atoms with E-state index in [-0.39, 0.29) is 29.0 Å². The molecule has 0 fully saturated rings. The van der Waals surface area contributed by atoms with E-state index in [0.717, 1.165) is 17.2 Å². The summed E-state index contributed by atoms with van der Waals surface area (Å²) in [5.41, 5.74) is 8.16. The van der Waals surface area contributed by atoms with Gasteiger partial charge in [0.2, 0.25) is 0 Å². The van der Waals surface area contributed by atoms with Gasteiger partial charge in [-0.25, -0.2) is 4.79 Å². The van der Waals surface area contributed by atoms with Crippen molar-refractivity contribution in [3.63, 3.8) is 0 Å². The second-order valence-electron chi connectivity index (χ2n) is 7.35. The summed E-state index contributed by atoms with van der Waals surface area (Å²) in [6, 6.07) is 15.1. The lowest BCUT2D eigenvalue weighted by Gasteiger charge is -2.12. The number of carbonyl (C=O) groups is 3. The third kappa shape index (κ3) is 3.59. The number of anilines is 1. The molecule has 8 heteroatoms. The summed E-state index contributed by atoms with van der Waals surface area (Å²) in [5, 5.41) is 2.14. The van der Waals surface area contributed by atoms with Gasteiger partial charge in [0.25, 0.3) is 17.4 Å². The molecule has 3 N–H and O–H groups in total. The molecule has 0 radical (unpaired) electrons. The summed E-state index contributed by atoms with van der Waals surface area (Å²) < 4.78 is 6.37. The van der Waals surface area contributed by atoms with Crippen LogP contribution in [-0.2, 0) is 4.74 Å². The predicted octanol–water partition coefficient (Wildman–Crippen LogP) is 2.54. The molecule has 0 spiro atoms. The van der Waals surface area contributed by atoms with Crippen molar-refractivity contribution in [3.8, 4) is 16.8 Å². The molecule has 4 rings (SSSR count). The van der Waals surface area contributed by atoms with E-state index in [1.54, 1.807) is 62.4 Å². The van der Waals surface area contributed by atoms with Gasteiger partial charge in [0, 0.05) is 6.07 Å². The van der Waals surface area contributed by atoms with Crippen LogP contribution in [-0.4, -0.2) is 28.5 Å². The minimum atomic E-state index is -0.632. The van der Waals surface area contributed by atoms with E-state index in [2.05, 4.69) is 5.32 Å². The van der Waals surface area contributed by atoms with Gasteiger partial charge in [0.15, 0.2) is 0 Å². The summed E-state index contributed by atoms with van der Waals surface area (Å²) in [7, 11) is 0. The van der Waals surface area contributed by atoms with E-state index in [9.17, 15) is 19.2 Å². The summed E-state index contributed by atoms with van der Waals surface area (Å²) in [4.78, 5) is 48.3. The zero-order valence-corrected chi connectivity index (χ0v) is 16.8. The predicted molar refractivity (Wildman–Crippen MR) is 114 cm³/mol. The largest absolute Gasteiger partial charge is 0.459 e. The number of rotatable bonds is 4. The highest BCUT2D eigenvalue weighted by Gasteiger charge is 2.31. The first-order chi connectivity index (χ1) is 14.8. The first kappa shape index (κ1) is 20.1. The number of carbonyl (C=O) groups excluding carboxylic acids is 3. The standard InChI is InChI=1S/C23H19N3O5/c1-12(2)31-23(30)15-5-3-13(4-6-15)14-7-9-16(10-8-14)26-18(27)11-17-19(20(26)24)22(29)25-21(17)28/h3-12H,24H2,1-2H3,(H,25,28,29).